The van der Waals surface area contributed by atoms with E-state index in [2.05, 4.69) is 0 Å². The van der Waals surface area contributed by atoms with Crippen LogP contribution in [-0.4, -0.2) is 25.5 Å². The second kappa shape index (κ2) is 12.6. The van der Waals surface area contributed by atoms with Crippen LogP contribution in [0.5, 0.6) is 0 Å². The van der Waals surface area contributed by atoms with Crippen molar-refractivity contribution < 1.29 is 45.3 Å². The van der Waals surface area contributed by atoms with E-state index < -0.39 is 48.3 Å². The summed E-state index contributed by atoms with van der Waals surface area (Å²) < 4.78 is 105. The molecule has 0 unspecified atom stereocenters. The zero-order valence-corrected chi connectivity index (χ0v) is 20.9. The molecule has 0 saturated carbocycles. The van der Waals surface area contributed by atoms with E-state index >= 15 is 0 Å². The van der Waals surface area contributed by atoms with Gasteiger partial charge in [0.25, 0.3) is 0 Å². The number of nitrogens with zero attached hydrogens (tertiary/aromatic N) is 2. The summed E-state index contributed by atoms with van der Waals surface area (Å²) >= 11 is 11.4. The summed E-state index contributed by atoms with van der Waals surface area (Å²) in [5, 5.41) is 19.2. The molecule has 2 aromatic carbocycles. The molecule has 0 aliphatic rings. The number of aliphatic hydroxyl groups excluding tert-OH is 2. The van der Waals surface area contributed by atoms with Crippen LogP contribution in [0.3, 0.4) is 0 Å². The molecule has 4 aromatic rings. The van der Waals surface area contributed by atoms with Gasteiger partial charge in [0, 0.05) is 33.8 Å². The topological polar surface area (TPSA) is 50.3 Å². The maximum atomic E-state index is 13.4. The van der Waals surface area contributed by atoms with E-state index in [4.69, 9.17) is 28.3 Å². The molecule has 0 fully saturated rings. The Morgan fingerprint density at radius 3 is 1.25 bits per heavy atom. The SMILES string of the molecule is C.OCc1c(C(F)(F)C(F)(F)F)ccn1-c1ccc(Cl)cc1.OCc1c(C(F)(F)F)ccn1-c1ccc(Cl)cc1. The van der Waals surface area contributed by atoms with Crippen LogP contribution in [0, 0.1) is 0 Å². The zero-order valence-electron chi connectivity index (χ0n) is 19.4. The number of aromatic nitrogens is 2. The van der Waals surface area contributed by atoms with Crippen LogP contribution in [0.15, 0.2) is 73.1 Å². The summed E-state index contributed by atoms with van der Waals surface area (Å²) in [7, 11) is 0. The predicted octanol–water partition coefficient (Wildman–Crippen LogP) is 8.56. The molecule has 4 nitrogen and oxygen atoms in total. The lowest BCUT2D eigenvalue weighted by molar-refractivity contribution is -0.289. The summed E-state index contributed by atoms with van der Waals surface area (Å²) in [6, 6.07) is 13.7. The van der Waals surface area contributed by atoms with Crippen LogP contribution in [-0.2, 0) is 25.3 Å². The van der Waals surface area contributed by atoms with Crippen LogP contribution in [0.1, 0.15) is 29.9 Å². The summed E-state index contributed by atoms with van der Waals surface area (Å²) in [6.45, 7) is -1.65. The van der Waals surface area contributed by atoms with E-state index in [0.29, 0.717) is 27.5 Å². The molecule has 0 saturated heterocycles. The summed E-state index contributed by atoms with van der Waals surface area (Å²) in [4.78, 5) is 0. The van der Waals surface area contributed by atoms with Crippen LogP contribution in [0.4, 0.5) is 35.1 Å². The third kappa shape index (κ3) is 6.98. The molecule has 40 heavy (non-hydrogen) atoms. The van der Waals surface area contributed by atoms with Gasteiger partial charge in [0.1, 0.15) is 0 Å². The second-order valence-corrected chi connectivity index (χ2v) is 8.80. The first-order valence-electron chi connectivity index (χ1n) is 10.8. The molecule has 2 heterocycles. The number of halogens is 10. The first-order valence-corrected chi connectivity index (χ1v) is 11.5. The first kappa shape index (κ1) is 33.1. The van der Waals surface area contributed by atoms with E-state index in [1.54, 1.807) is 24.3 Å². The molecule has 0 radical (unpaired) electrons. The minimum atomic E-state index is -5.73. The highest BCUT2D eigenvalue weighted by atomic mass is 35.5. The monoisotopic (exact) mass is 616 g/mol. The van der Waals surface area contributed by atoms with Gasteiger partial charge in [-0.15, -0.1) is 0 Å². The van der Waals surface area contributed by atoms with Crippen molar-refractivity contribution in [3.05, 3.63) is 106 Å². The number of benzene rings is 2. The van der Waals surface area contributed by atoms with Gasteiger partial charge in [0.05, 0.1) is 35.7 Å². The summed E-state index contributed by atoms with van der Waals surface area (Å²) in [5.74, 6) is -5.04. The largest absolute Gasteiger partial charge is 0.458 e. The van der Waals surface area contributed by atoms with Gasteiger partial charge in [-0.2, -0.15) is 35.1 Å². The normalized spacial score (nSPS) is 12.0. The van der Waals surface area contributed by atoms with Gasteiger partial charge < -0.3 is 19.3 Å². The van der Waals surface area contributed by atoms with Gasteiger partial charge in [-0.1, -0.05) is 30.6 Å². The van der Waals surface area contributed by atoms with Gasteiger partial charge in [-0.05, 0) is 60.7 Å². The van der Waals surface area contributed by atoms with E-state index in [9.17, 15) is 40.2 Å². The number of aliphatic hydroxyl groups is 2. The van der Waals surface area contributed by atoms with Crippen molar-refractivity contribution in [3.8, 4) is 11.4 Å². The average molecular weight is 617 g/mol. The highest BCUT2D eigenvalue weighted by Gasteiger charge is 2.60. The minimum Gasteiger partial charge on any atom is -0.390 e. The fourth-order valence-electron chi connectivity index (χ4n) is 3.64. The quantitative estimate of drug-likeness (QED) is 0.221. The molecule has 0 bridgehead atoms. The van der Waals surface area contributed by atoms with Crippen molar-refractivity contribution in [1.82, 2.24) is 9.13 Å². The van der Waals surface area contributed by atoms with Crippen molar-refractivity contribution in [3.63, 3.8) is 0 Å². The highest BCUT2D eigenvalue weighted by molar-refractivity contribution is 6.30. The molecular weight excluding hydrogens is 595 g/mol. The van der Waals surface area contributed by atoms with Gasteiger partial charge >= 0.3 is 18.3 Å². The third-order valence-corrected chi connectivity index (χ3v) is 6.00. The fourth-order valence-corrected chi connectivity index (χ4v) is 3.89. The Morgan fingerprint density at radius 1 is 0.575 bits per heavy atom. The van der Waals surface area contributed by atoms with Crippen molar-refractivity contribution >= 4 is 23.2 Å². The van der Waals surface area contributed by atoms with Crippen LogP contribution in [0.2, 0.25) is 10.0 Å². The molecule has 0 aliphatic heterocycles. The van der Waals surface area contributed by atoms with Gasteiger partial charge in [0.15, 0.2) is 0 Å². The molecule has 218 valence electrons. The van der Waals surface area contributed by atoms with Gasteiger partial charge in [0.2, 0.25) is 0 Å². The molecule has 2 aromatic heterocycles. The lowest BCUT2D eigenvalue weighted by atomic mass is 10.1. The predicted molar refractivity (Wildman–Crippen MR) is 135 cm³/mol. The average Bonchev–Trinajstić information content (AvgIpc) is 3.49. The number of alkyl halides is 8. The molecule has 4 rings (SSSR count). The van der Waals surface area contributed by atoms with E-state index in [1.165, 1.54) is 35.0 Å². The number of hydrogen-bond acceptors (Lipinski definition) is 2. The highest BCUT2D eigenvalue weighted by Crippen LogP contribution is 2.45. The van der Waals surface area contributed by atoms with Crippen LogP contribution < -0.4 is 0 Å². The van der Waals surface area contributed by atoms with Crippen molar-refractivity contribution in [2.75, 3.05) is 0 Å². The Kier molecular flexibility index (Phi) is 10.5. The molecule has 0 atom stereocenters. The van der Waals surface area contributed by atoms with Crippen LogP contribution in [0.25, 0.3) is 11.4 Å². The van der Waals surface area contributed by atoms with Crippen molar-refractivity contribution in [1.29, 1.82) is 0 Å². The lowest BCUT2D eigenvalue weighted by Gasteiger charge is -2.20. The van der Waals surface area contributed by atoms with Crippen molar-refractivity contribution in [2.45, 2.75) is 38.9 Å². The molecular formula is C26H22Cl2F8N2O2. The lowest BCUT2D eigenvalue weighted by Crippen LogP contribution is -2.34. The summed E-state index contributed by atoms with van der Waals surface area (Å²) in [5.41, 5.74) is -2.00. The Hall–Kier alpha value is -3.06. The Morgan fingerprint density at radius 2 is 0.925 bits per heavy atom. The maximum absolute atomic E-state index is 13.4. The Bertz CT molecular complexity index is 1390. The van der Waals surface area contributed by atoms with E-state index in [1.807, 2.05) is 0 Å². The van der Waals surface area contributed by atoms with Crippen molar-refractivity contribution in [2.24, 2.45) is 0 Å². The first-order chi connectivity index (χ1) is 18.1. The summed E-state index contributed by atoms with van der Waals surface area (Å²) in [6.07, 6.45) is -7.89. The molecule has 2 N–H and O–H groups in total. The maximum Gasteiger partial charge on any atom is 0.458 e. The standard InChI is InChI=1S/C13H9ClF5NO.C12H9ClF3NO.CH4/c14-8-1-3-9(4-2-8)20-6-5-10(11(20)7-21)12(15,16)13(17,18)19;13-8-1-3-9(4-2-8)17-6-5-10(11(17)7-18)12(14,15)16;/h1-6,21H,7H2;1-6,18H,7H2;1H4. The fraction of sp³-hybridized carbons (Fsp3) is 0.231. The van der Waals surface area contributed by atoms with Gasteiger partial charge in [-0.25, -0.2) is 0 Å². The third-order valence-electron chi connectivity index (χ3n) is 5.49. The molecule has 0 amide bonds. The second-order valence-electron chi connectivity index (χ2n) is 7.93. The van der Waals surface area contributed by atoms with E-state index in [-0.39, 0.29) is 13.1 Å². The smallest absolute Gasteiger partial charge is 0.390 e. The van der Waals surface area contributed by atoms with Gasteiger partial charge in [-0.3, -0.25) is 0 Å². The molecule has 14 heteroatoms. The molecule has 0 aliphatic carbocycles. The minimum absolute atomic E-state index is 0. The zero-order chi connectivity index (χ0) is 29.2. The number of hydrogen-bond donors (Lipinski definition) is 2. The molecule has 0 spiro atoms. The number of rotatable bonds is 5. The Balaban J connectivity index is 0.000000276. The Labute approximate surface area is 233 Å². The van der Waals surface area contributed by atoms with E-state index in [0.717, 1.165) is 16.8 Å². The van der Waals surface area contributed by atoms with Crippen LogP contribution >= 0.6 is 23.2 Å².